The van der Waals surface area contributed by atoms with Crippen LogP contribution in [0.2, 0.25) is 0 Å². The average molecular weight is 373 g/mol. The van der Waals surface area contributed by atoms with Crippen LogP contribution in [0.4, 0.5) is 0 Å². The molecular weight excluding hydrogens is 340 g/mol. The fourth-order valence-corrected chi connectivity index (χ4v) is 3.72. The zero-order chi connectivity index (χ0) is 18.6. The lowest BCUT2D eigenvalue weighted by atomic mass is 9.76. The van der Waals surface area contributed by atoms with Crippen LogP contribution in [0.25, 0.3) is 0 Å². The van der Waals surface area contributed by atoms with Gasteiger partial charge in [-0.25, -0.2) is 0 Å². The van der Waals surface area contributed by atoms with E-state index in [1.807, 2.05) is 0 Å². The second kappa shape index (κ2) is 8.68. The normalized spacial score (nSPS) is 13.1. The van der Waals surface area contributed by atoms with E-state index >= 15 is 0 Å². The van der Waals surface area contributed by atoms with Crippen molar-refractivity contribution >= 4 is 25.3 Å². The van der Waals surface area contributed by atoms with Crippen LogP contribution in [-0.2, 0) is 18.3 Å². The largest absolute Gasteiger partial charge is 0.179 e. The van der Waals surface area contributed by atoms with Gasteiger partial charge in [0.05, 0.1) is 0 Å². The minimum atomic E-state index is -0.00823. The molecular formula is C23H32S2. The molecule has 0 aromatic heterocycles. The fourth-order valence-electron chi connectivity index (χ4n) is 3.36. The molecule has 1 unspecified atom stereocenters. The number of benzene rings is 2. The monoisotopic (exact) mass is 372 g/mol. The molecule has 0 radical (unpaired) electrons. The highest BCUT2D eigenvalue weighted by Gasteiger charge is 2.24. The Balaban J connectivity index is 2.41. The molecule has 0 N–H and O–H groups in total. The number of hydrogen-bond donors (Lipinski definition) is 2. The second-order valence-electron chi connectivity index (χ2n) is 7.79. The lowest BCUT2D eigenvalue weighted by Crippen LogP contribution is -2.20. The third-order valence-corrected chi connectivity index (χ3v) is 5.76. The standard InChI is InChI=1S/C23H32S2/c1-16-8-10-21(14-19(16)7-6-12-24)23(4,5)22-11-9-17(2)20(15-22)13-18(3)25/h8-11,14-15,18,24-25H,6-7,12-13H2,1-5H3. The van der Waals surface area contributed by atoms with Crippen molar-refractivity contribution in [1.82, 2.24) is 0 Å². The van der Waals surface area contributed by atoms with Gasteiger partial charge in [-0.15, -0.1) is 0 Å². The number of thiol groups is 2. The predicted molar refractivity (Wildman–Crippen MR) is 119 cm³/mol. The van der Waals surface area contributed by atoms with Crippen molar-refractivity contribution in [3.05, 3.63) is 69.8 Å². The summed E-state index contributed by atoms with van der Waals surface area (Å²) in [5.74, 6) is 0.941. The highest BCUT2D eigenvalue weighted by atomic mass is 32.1. The van der Waals surface area contributed by atoms with E-state index in [0.29, 0.717) is 5.25 Å². The molecule has 2 aromatic carbocycles. The number of hydrogen-bond acceptors (Lipinski definition) is 2. The zero-order valence-corrected chi connectivity index (χ0v) is 18.1. The maximum absolute atomic E-state index is 4.58. The average Bonchev–Trinajstić information content (AvgIpc) is 2.55. The summed E-state index contributed by atoms with van der Waals surface area (Å²) in [7, 11) is 0. The molecule has 0 aliphatic heterocycles. The van der Waals surface area contributed by atoms with Crippen molar-refractivity contribution in [2.45, 2.75) is 64.5 Å². The van der Waals surface area contributed by atoms with E-state index < -0.39 is 0 Å². The Hall–Kier alpha value is -0.860. The van der Waals surface area contributed by atoms with Gasteiger partial charge in [-0.05, 0) is 72.2 Å². The maximum Gasteiger partial charge on any atom is 0.0146 e. The lowest BCUT2D eigenvalue weighted by Gasteiger charge is -2.28. The predicted octanol–water partition coefficient (Wildman–Crippen LogP) is 6.35. The Morgan fingerprint density at radius 1 is 0.920 bits per heavy atom. The third kappa shape index (κ3) is 5.08. The van der Waals surface area contributed by atoms with Gasteiger partial charge in [0.2, 0.25) is 0 Å². The molecule has 0 nitrogen and oxygen atoms in total. The van der Waals surface area contributed by atoms with E-state index in [1.54, 1.807) is 0 Å². The minimum absolute atomic E-state index is 0.00823. The van der Waals surface area contributed by atoms with Gasteiger partial charge in [-0.1, -0.05) is 57.2 Å². The van der Waals surface area contributed by atoms with E-state index in [9.17, 15) is 0 Å². The van der Waals surface area contributed by atoms with Crippen LogP contribution in [0.1, 0.15) is 60.6 Å². The van der Waals surface area contributed by atoms with Crippen LogP contribution in [-0.4, -0.2) is 11.0 Å². The highest BCUT2D eigenvalue weighted by Crippen LogP contribution is 2.34. The van der Waals surface area contributed by atoms with E-state index in [0.717, 1.165) is 25.0 Å². The van der Waals surface area contributed by atoms with Gasteiger partial charge in [-0.2, -0.15) is 25.3 Å². The molecule has 0 aliphatic rings. The Bertz CT molecular complexity index is 714. The molecule has 0 heterocycles. The molecule has 0 bridgehead atoms. The first kappa shape index (κ1) is 20.5. The Labute approximate surface area is 165 Å². The Morgan fingerprint density at radius 2 is 1.44 bits per heavy atom. The first-order valence-corrected chi connectivity index (χ1v) is 10.4. The Morgan fingerprint density at radius 3 is 1.96 bits per heavy atom. The van der Waals surface area contributed by atoms with Crippen molar-refractivity contribution in [2.75, 3.05) is 5.75 Å². The molecule has 0 fully saturated rings. The molecule has 2 rings (SSSR count). The van der Waals surface area contributed by atoms with Crippen LogP contribution in [0.3, 0.4) is 0 Å². The van der Waals surface area contributed by atoms with E-state index in [4.69, 9.17) is 0 Å². The van der Waals surface area contributed by atoms with Gasteiger partial charge >= 0.3 is 0 Å². The first-order valence-electron chi connectivity index (χ1n) is 9.24. The van der Waals surface area contributed by atoms with Crippen molar-refractivity contribution in [2.24, 2.45) is 0 Å². The van der Waals surface area contributed by atoms with E-state index in [1.165, 1.54) is 33.4 Å². The lowest BCUT2D eigenvalue weighted by molar-refractivity contribution is 0.637. The summed E-state index contributed by atoms with van der Waals surface area (Å²) in [5.41, 5.74) is 8.37. The van der Waals surface area contributed by atoms with Gasteiger partial charge in [0.15, 0.2) is 0 Å². The molecule has 136 valence electrons. The molecule has 0 amide bonds. The van der Waals surface area contributed by atoms with Gasteiger partial charge in [-0.3, -0.25) is 0 Å². The zero-order valence-electron chi connectivity index (χ0n) is 16.3. The molecule has 0 saturated carbocycles. The molecule has 0 saturated heterocycles. The molecule has 2 heteroatoms. The van der Waals surface area contributed by atoms with Crippen molar-refractivity contribution in [3.8, 4) is 0 Å². The summed E-state index contributed by atoms with van der Waals surface area (Å²) < 4.78 is 0. The van der Waals surface area contributed by atoms with Gasteiger partial charge in [0.25, 0.3) is 0 Å². The summed E-state index contributed by atoms with van der Waals surface area (Å²) in [4.78, 5) is 0. The molecule has 0 spiro atoms. The van der Waals surface area contributed by atoms with Gasteiger partial charge in [0, 0.05) is 10.7 Å². The molecule has 25 heavy (non-hydrogen) atoms. The Kier molecular flexibility index (Phi) is 7.10. The highest BCUT2D eigenvalue weighted by molar-refractivity contribution is 7.80. The summed E-state index contributed by atoms with van der Waals surface area (Å²) in [6.45, 7) is 11.2. The van der Waals surface area contributed by atoms with Gasteiger partial charge < -0.3 is 0 Å². The topological polar surface area (TPSA) is 0 Å². The quantitative estimate of drug-likeness (QED) is 0.520. The maximum atomic E-state index is 4.58. The van der Waals surface area contributed by atoms with E-state index in [2.05, 4.69) is 96.3 Å². The summed E-state index contributed by atoms with van der Waals surface area (Å²) >= 11 is 8.95. The minimum Gasteiger partial charge on any atom is -0.179 e. The summed E-state index contributed by atoms with van der Waals surface area (Å²) in [5, 5.41) is 0.379. The van der Waals surface area contributed by atoms with Crippen molar-refractivity contribution in [3.63, 3.8) is 0 Å². The van der Waals surface area contributed by atoms with Crippen LogP contribution >= 0.6 is 25.3 Å². The van der Waals surface area contributed by atoms with E-state index in [-0.39, 0.29) is 5.41 Å². The summed E-state index contributed by atoms with van der Waals surface area (Å²) in [6, 6.07) is 13.9. The van der Waals surface area contributed by atoms with Crippen molar-refractivity contribution < 1.29 is 0 Å². The first-order chi connectivity index (χ1) is 11.8. The number of rotatable bonds is 7. The molecule has 1 atom stereocenters. The van der Waals surface area contributed by atoms with Crippen LogP contribution in [0.5, 0.6) is 0 Å². The number of aryl methyl sites for hydroxylation is 3. The molecule has 0 aliphatic carbocycles. The van der Waals surface area contributed by atoms with Crippen LogP contribution < -0.4 is 0 Å². The third-order valence-electron chi connectivity index (χ3n) is 5.26. The smallest absolute Gasteiger partial charge is 0.0146 e. The second-order valence-corrected chi connectivity index (χ2v) is 9.12. The fraction of sp³-hybridized carbons (Fsp3) is 0.478. The SMILES string of the molecule is Cc1ccc(C(C)(C)c2ccc(C)c(CC(C)S)c2)cc1CCCS. The van der Waals surface area contributed by atoms with Crippen LogP contribution in [0, 0.1) is 13.8 Å². The van der Waals surface area contributed by atoms with Gasteiger partial charge in [0.1, 0.15) is 0 Å². The van der Waals surface area contributed by atoms with Crippen LogP contribution in [0.15, 0.2) is 36.4 Å². The summed E-state index contributed by atoms with van der Waals surface area (Å²) in [6.07, 6.45) is 3.25. The molecule has 2 aromatic rings. The van der Waals surface area contributed by atoms with Crippen molar-refractivity contribution in [1.29, 1.82) is 0 Å².